The van der Waals surface area contributed by atoms with Crippen LogP contribution >= 0.6 is 0 Å². The van der Waals surface area contributed by atoms with Crippen molar-refractivity contribution in [1.29, 1.82) is 0 Å². The summed E-state index contributed by atoms with van der Waals surface area (Å²) in [6.07, 6.45) is 6.23. The van der Waals surface area contributed by atoms with Crippen molar-refractivity contribution in [2.75, 3.05) is 0 Å². The average molecular weight is 171 g/mol. The van der Waals surface area contributed by atoms with Gasteiger partial charge in [-0.05, 0) is 12.8 Å². The van der Waals surface area contributed by atoms with E-state index in [4.69, 9.17) is 0 Å². The molecular weight excluding hydrogens is 157 g/mol. The molecule has 68 valence electrons. The summed E-state index contributed by atoms with van der Waals surface area (Å²) in [7, 11) is 0. The molecule has 1 aliphatic rings. The Kier molecular flexibility index (Phi) is 3.95. The molecule has 0 amide bonds. The Morgan fingerprint density at radius 1 is 1.25 bits per heavy atom. The number of rotatable bonds is 2. The van der Waals surface area contributed by atoms with Crippen LogP contribution in [0.25, 0.3) is 0 Å². The van der Waals surface area contributed by atoms with Crippen LogP contribution in [0, 0.1) is 5.92 Å². The SMILES string of the molecule is O=C=NC(F)C1CCCCCC1. The van der Waals surface area contributed by atoms with Crippen LogP contribution in [0.4, 0.5) is 4.39 Å². The number of halogens is 1. The van der Waals surface area contributed by atoms with Gasteiger partial charge in [-0.25, -0.2) is 9.18 Å². The third kappa shape index (κ3) is 2.74. The lowest BCUT2D eigenvalue weighted by Crippen LogP contribution is -2.12. The molecule has 1 saturated carbocycles. The molecule has 1 fully saturated rings. The first-order valence-electron chi connectivity index (χ1n) is 4.55. The molecule has 0 bridgehead atoms. The van der Waals surface area contributed by atoms with Gasteiger partial charge in [-0.3, -0.25) is 0 Å². The number of hydrogen-bond acceptors (Lipinski definition) is 2. The number of carbonyl (C=O) groups excluding carboxylic acids is 1. The molecule has 0 heterocycles. The smallest absolute Gasteiger partial charge is 0.221 e. The van der Waals surface area contributed by atoms with Crippen LogP contribution in [0.15, 0.2) is 4.99 Å². The fourth-order valence-electron chi connectivity index (χ4n) is 1.74. The maximum absolute atomic E-state index is 13.0. The van der Waals surface area contributed by atoms with Gasteiger partial charge in [-0.1, -0.05) is 25.7 Å². The Morgan fingerprint density at radius 2 is 1.83 bits per heavy atom. The molecule has 0 aromatic carbocycles. The fourth-order valence-corrected chi connectivity index (χ4v) is 1.74. The van der Waals surface area contributed by atoms with E-state index in [1.54, 1.807) is 0 Å². The monoisotopic (exact) mass is 171 g/mol. The van der Waals surface area contributed by atoms with Gasteiger partial charge in [0, 0.05) is 5.92 Å². The molecule has 0 spiro atoms. The summed E-state index contributed by atoms with van der Waals surface area (Å²) in [5.74, 6) is -0.0334. The molecule has 1 unspecified atom stereocenters. The topological polar surface area (TPSA) is 29.4 Å². The second kappa shape index (κ2) is 5.04. The van der Waals surface area contributed by atoms with Gasteiger partial charge in [0.15, 0.2) is 0 Å². The van der Waals surface area contributed by atoms with Crippen molar-refractivity contribution >= 4 is 6.08 Å². The van der Waals surface area contributed by atoms with Crippen LogP contribution in [0.5, 0.6) is 0 Å². The summed E-state index contributed by atoms with van der Waals surface area (Å²) in [6, 6.07) is 0. The highest BCUT2D eigenvalue weighted by atomic mass is 19.1. The Labute approximate surface area is 71.9 Å². The lowest BCUT2D eigenvalue weighted by molar-refractivity contribution is 0.217. The van der Waals surface area contributed by atoms with E-state index in [1.807, 2.05) is 0 Å². The standard InChI is InChI=1S/C9H14FNO/c10-9(11-7-12)8-5-3-1-2-4-6-8/h8-9H,1-6H2. The Morgan fingerprint density at radius 3 is 2.33 bits per heavy atom. The summed E-state index contributed by atoms with van der Waals surface area (Å²) in [4.78, 5) is 12.9. The molecule has 0 N–H and O–H groups in total. The van der Waals surface area contributed by atoms with Crippen LogP contribution in [0.3, 0.4) is 0 Å². The number of isocyanates is 1. The minimum absolute atomic E-state index is 0.0334. The van der Waals surface area contributed by atoms with E-state index in [1.165, 1.54) is 18.9 Å². The van der Waals surface area contributed by atoms with Crippen LogP contribution < -0.4 is 0 Å². The first kappa shape index (κ1) is 9.40. The van der Waals surface area contributed by atoms with Gasteiger partial charge in [0.05, 0.1) is 0 Å². The molecular formula is C9H14FNO. The normalized spacial score (nSPS) is 22.4. The average Bonchev–Trinajstić information content (AvgIpc) is 2.32. The van der Waals surface area contributed by atoms with Crippen molar-refractivity contribution in [2.24, 2.45) is 10.9 Å². The highest BCUT2D eigenvalue weighted by Crippen LogP contribution is 2.27. The molecule has 0 saturated heterocycles. The van der Waals surface area contributed by atoms with E-state index in [-0.39, 0.29) is 5.92 Å². The molecule has 0 aliphatic heterocycles. The van der Waals surface area contributed by atoms with E-state index in [0.717, 1.165) is 25.7 Å². The molecule has 1 rings (SSSR count). The third-order valence-corrected chi connectivity index (χ3v) is 2.46. The van der Waals surface area contributed by atoms with Crippen molar-refractivity contribution in [3.63, 3.8) is 0 Å². The van der Waals surface area contributed by atoms with E-state index in [0.29, 0.717) is 0 Å². The fraction of sp³-hybridized carbons (Fsp3) is 0.889. The summed E-state index contributed by atoms with van der Waals surface area (Å²) in [5.41, 5.74) is 0. The number of nitrogens with zero attached hydrogens (tertiary/aromatic N) is 1. The second-order valence-corrected chi connectivity index (χ2v) is 3.34. The van der Waals surface area contributed by atoms with E-state index < -0.39 is 6.30 Å². The second-order valence-electron chi connectivity index (χ2n) is 3.34. The van der Waals surface area contributed by atoms with Gasteiger partial charge in [-0.15, -0.1) is 0 Å². The minimum Gasteiger partial charge on any atom is -0.221 e. The first-order valence-corrected chi connectivity index (χ1v) is 4.55. The molecule has 1 atom stereocenters. The van der Waals surface area contributed by atoms with Gasteiger partial charge in [-0.2, -0.15) is 4.99 Å². The number of alkyl halides is 1. The Hall–Kier alpha value is -0.690. The van der Waals surface area contributed by atoms with E-state index in [2.05, 4.69) is 4.99 Å². The van der Waals surface area contributed by atoms with Crippen molar-refractivity contribution in [2.45, 2.75) is 44.8 Å². The zero-order chi connectivity index (χ0) is 8.81. The maximum atomic E-state index is 13.0. The van der Waals surface area contributed by atoms with E-state index in [9.17, 15) is 9.18 Å². The summed E-state index contributed by atoms with van der Waals surface area (Å²) < 4.78 is 13.0. The molecule has 1 aliphatic carbocycles. The summed E-state index contributed by atoms with van der Waals surface area (Å²) in [6.45, 7) is 0. The maximum Gasteiger partial charge on any atom is 0.237 e. The first-order chi connectivity index (χ1) is 5.84. The molecule has 12 heavy (non-hydrogen) atoms. The van der Waals surface area contributed by atoms with Crippen molar-refractivity contribution in [3.8, 4) is 0 Å². The predicted octanol–water partition coefficient (Wildman–Crippen LogP) is 2.59. The molecule has 2 nitrogen and oxygen atoms in total. The van der Waals surface area contributed by atoms with Gasteiger partial charge >= 0.3 is 0 Å². The summed E-state index contributed by atoms with van der Waals surface area (Å²) >= 11 is 0. The van der Waals surface area contributed by atoms with Gasteiger partial charge in [0.1, 0.15) is 0 Å². The number of aliphatic imine (C=N–C) groups is 1. The predicted molar refractivity (Wildman–Crippen MR) is 44.2 cm³/mol. The van der Waals surface area contributed by atoms with E-state index >= 15 is 0 Å². The summed E-state index contributed by atoms with van der Waals surface area (Å²) in [5, 5.41) is 0. The molecule has 0 aromatic rings. The van der Waals surface area contributed by atoms with Gasteiger partial charge in [0.25, 0.3) is 0 Å². The van der Waals surface area contributed by atoms with Crippen molar-refractivity contribution in [1.82, 2.24) is 0 Å². The molecule has 0 radical (unpaired) electrons. The third-order valence-electron chi connectivity index (χ3n) is 2.46. The lowest BCUT2D eigenvalue weighted by Gasteiger charge is -2.13. The zero-order valence-corrected chi connectivity index (χ0v) is 7.13. The van der Waals surface area contributed by atoms with Crippen LogP contribution in [0.2, 0.25) is 0 Å². The van der Waals surface area contributed by atoms with Crippen LogP contribution in [0.1, 0.15) is 38.5 Å². The van der Waals surface area contributed by atoms with Crippen molar-refractivity contribution < 1.29 is 9.18 Å². The Bertz CT molecular complexity index is 169. The van der Waals surface area contributed by atoms with Gasteiger partial charge < -0.3 is 0 Å². The van der Waals surface area contributed by atoms with Gasteiger partial charge in [0.2, 0.25) is 12.4 Å². The largest absolute Gasteiger partial charge is 0.237 e. The molecule has 0 aromatic heterocycles. The lowest BCUT2D eigenvalue weighted by atomic mass is 10.00. The minimum atomic E-state index is -1.31. The van der Waals surface area contributed by atoms with Crippen LogP contribution in [-0.4, -0.2) is 12.4 Å². The Balaban J connectivity index is 2.42. The number of hydrogen-bond donors (Lipinski definition) is 0. The van der Waals surface area contributed by atoms with Crippen molar-refractivity contribution in [3.05, 3.63) is 0 Å². The zero-order valence-electron chi connectivity index (χ0n) is 7.13. The highest BCUT2D eigenvalue weighted by Gasteiger charge is 2.21. The highest BCUT2D eigenvalue weighted by molar-refractivity contribution is 5.33. The van der Waals surface area contributed by atoms with Crippen LogP contribution in [-0.2, 0) is 4.79 Å². The molecule has 3 heteroatoms. The quantitative estimate of drug-likeness (QED) is 0.272.